The summed E-state index contributed by atoms with van der Waals surface area (Å²) in [6.07, 6.45) is 0.284. The first-order valence-corrected chi connectivity index (χ1v) is 6.46. The highest BCUT2D eigenvalue weighted by molar-refractivity contribution is 4.90. The van der Waals surface area contributed by atoms with Crippen LogP contribution in [0.2, 0.25) is 0 Å². The lowest BCUT2D eigenvalue weighted by Crippen LogP contribution is -2.58. The maximum atomic E-state index is 13.1. The van der Waals surface area contributed by atoms with E-state index in [1.807, 2.05) is 6.92 Å². The molecular weight excluding hydrogens is 229 g/mol. The van der Waals surface area contributed by atoms with Crippen molar-refractivity contribution in [2.45, 2.75) is 70.3 Å². The summed E-state index contributed by atoms with van der Waals surface area (Å²) in [5.41, 5.74) is 5.56. The van der Waals surface area contributed by atoms with Crippen molar-refractivity contribution in [2.75, 3.05) is 6.54 Å². The van der Waals surface area contributed by atoms with E-state index in [2.05, 4.69) is 0 Å². The van der Waals surface area contributed by atoms with E-state index in [1.165, 1.54) is 6.92 Å². The second kappa shape index (κ2) is 6.05. The Morgan fingerprint density at radius 2 is 1.94 bits per heavy atom. The van der Waals surface area contributed by atoms with Crippen LogP contribution in [0, 0.1) is 0 Å². The average Bonchev–Trinajstić information content (AvgIpc) is 2.40. The van der Waals surface area contributed by atoms with Crippen LogP contribution in [0.15, 0.2) is 0 Å². The molecule has 0 bridgehead atoms. The predicted octanol–water partition coefficient (Wildman–Crippen LogP) is 2.92. The van der Waals surface area contributed by atoms with Gasteiger partial charge in [-0.05, 0) is 32.7 Å². The van der Waals surface area contributed by atoms with Crippen LogP contribution in [0.1, 0.15) is 46.0 Å². The topological polar surface area (TPSA) is 29.3 Å². The zero-order chi connectivity index (χ0) is 13.1. The minimum atomic E-state index is -4.23. The van der Waals surface area contributed by atoms with Crippen molar-refractivity contribution in [3.63, 3.8) is 0 Å². The first-order valence-electron chi connectivity index (χ1n) is 6.46. The van der Waals surface area contributed by atoms with E-state index in [0.29, 0.717) is 6.54 Å². The minimum absolute atomic E-state index is 0.0233. The molecule has 0 radical (unpaired) electrons. The van der Waals surface area contributed by atoms with Crippen LogP contribution in [0.5, 0.6) is 0 Å². The molecule has 0 amide bonds. The molecule has 3 unspecified atom stereocenters. The summed E-state index contributed by atoms with van der Waals surface area (Å²) in [6, 6.07) is -2.34. The molecule has 1 fully saturated rings. The van der Waals surface area contributed by atoms with Gasteiger partial charge in [0.1, 0.15) is 6.04 Å². The van der Waals surface area contributed by atoms with Gasteiger partial charge in [-0.3, -0.25) is 4.90 Å². The number of nitrogens with two attached hydrogens (primary N) is 1. The van der Waals surface area contributed by atoms with E-state index < -0.39 is 18.3 Å². The van der Waals surface area contributed by atoms with Gasteiger partial charge in [-0.1, -0.05) is 19.8 Å². The molecule has 102 valence electrons. The Morgan fingerprint density at radius 3 is 2.41 bits per heavy atom. The van der Waals surface area contributed by atoms with Crippen LogP contribution >= 0.6 is 0 Å². The summed E-state index contributed by atoms with van der Waals surface area (Å²) in [4.78, 5) is 1.59. The van der Waals surface area contributed by atoms with Gasteiger partial charge in [-0.2, -0.15) is 13.2 Å². The fourth-order valence-electron chi connectivity index (χ4n) is 2.79. The van der Waals surface area contributed by atoms with Crippen molar-refractivity contribution in [3.05, 3.63) is 0 Å². The fourth-order valence-corrected chi connectivity index (χ4v) is 2.79. The molecule has 0 aromatic carbocycles. The third-order valence-electron chi connectivity index (χ3n) is 3.58. The lowest BCUT2D eigenvalue weighted by Gasteiger charge is -2.39. The second-order valence-electron chi connectivity index (χ2n) is 4.99. The lowest BCUT2D eigenvalue weighted by atomic mass is 10.0. The highest BCUT2D eigenvalue weighted by atomic mass is 19.4. The lowest BCUT2D eigenvalue weighted by molar-refractivity contribution is -0.194. The predicted molar refractivity (Wildman–Crippen MR) is 62.7 cm³/mol. The van der Waals surface area contributed by atoms with Crippen LogP contribution in [0.25, 0.3) is 0 Å². The van der Waals surface area contributed by atoms with E-state index in [9.17, 15) is 13.2 Å². The van der Waals surface area contributed by atoms with Gasteiger partial charge in [0, 0.05) is 12.1 Å². The second-order valence-corrected chi connectivity index (χ2v) is 4.99. The van der Waals surface area contributed by atoms with Gasteiger partial charge in [0.25, 0.3) is 0 Å². The maximum Gasteiger partial charge on any atom is 0.405 e. The first-order chi connectivity index (χ1) is 7.88. The van der Waals surface area contributed by atoms with Crippen LogP contribution < -0.4 is 5.73 Å². The molecule has 17 heavy (non-hydrogen) atoms. The van der Waals surface area contributed by atoms with Crippen molar-refractivity contribution in [1.82, 2.24) is 4.90 Å². The molecule has 1 heterocycles. The molecule has 1 saturated heterocycles. The number of hydrogen-bond acceptors (Lipinski definition) is 2. The molecular formula is C12H23F3N2. The smallest absolute Gasteiger partial charge is 0.326 e. The number of rotatable bonds is 3. The molecule has 0 saturated carbocycles. The molecule has 0 aromatic heterocycles. The summed E-state index contributed by atoms with van der Waals surface area (Å²) < 4.78 is 39.2. The standard InChI is InChI=1S/C12H23F3N2/c1-3-10-7-5-4-6-8-17(10)11(9(2)16)12(13,14)15/h9-11H,3-8,16H2,1-2H3. The highest BCUT2D eigenvalue weighted by Gasteiger charge is 2.47. The van der Waals surface area contributed by atoms with E-state index in [0.717, 1.165) is 32.1 Å². The molecule has 0 spiro atoms. The monoisotopic (exact) mass is 252 g/mol. The summed E-state index contributed by atoms with van der Waals surface area (Å²) >= 11 is 0. The number of nitrogens with zero attached hydrogens (tertiary/aromatic N) is 1. The molecule has 1 rings (SSSR count). The number of likely N-dealkylation sites (tertiary alicyclic amines) is 1. The average molecular weight is 252 g/mol. The Labute approximate surface area is 101 Å². The molecule has 2 N–H and O–H groups in total. The maximum absolute atomic E-state index is 13.1. The third-order valence-corrected chi connectivity index (χ3v) is 3.58. The fraction of sp³-hybridized carbons (Fsp3) is 1.00. The quantitative estimate of drug-likeness (QED) is 0.836. The summed E-state index contributed by atoms with van der Waals surface area (Å²) in [6.45, 7) is 3.93. The van der Waals surface area contributed by atoms with Crippen LogP contribution in [-0.2, 0) is 0 Å². The van der Waals surface area contributed by atoms with E-state index in [-0.39, 0.29) is 6.04 Å². The third kappa shape index (κ3) is 3.85. The number of halogens is 3. The first kappa shape index (κ1) is 14.8. The minimum Gasteiger partial charge on any atom is -0.326 e. The summed E-state index contributed by atoms with van der Waals surface area (Å²) in [5.74, 6) is 0. The normalized spacial score (nSPS) is 27.5. The Bertz CT molecular complexity index is 228. The molecule has 2 nitrogen and oxygen atoms in total. The Kier molecular flexibility index (Phi) is 5.25. The zero-order valence-corrected chi connectivity index (χ0v) is 10.6. The molecule has 1 aliphatic rings. The van der Waals surface area contributed by atoms with Crippen molar-refractivity contribution >= 4 is 0 Å². The van der Waals surface area contributed by atoms with Gasteiger partial charge in [0.2, 0.25) is 0 Å². The molecule has 0 aliphatic carbocycles. The Hall–Kier alpha value is -0.290. The van der Waals surface area contributed by atoms with Gasteiger partial charge in [0.15, 0.2) is 0 Å². The van der Waals surface area contributed by atoms with Crippen LogP contribution in [-0.4, -0.2) is 35.7 Å². The highest BCUT2D eigenvalue weighted by Crippen LogP contribution is 2.31. The van der Waals surface area contributed by atoms with Crippen molar-refractivity contribution in [2.24, 2.45) is 5.73 Å². The molecule has 3 atom stereocenters. The number of alkyl halides is 3. The van der Waals surface area contributed by atoms with Gasteiger partial charge < -0.3 is 5.73 Å². The van der Waals surface area contributed by atoms with E-state index >= 15 is 0 Å². The van der Waals surface area contributed by atoms with Crippen LogP contribution in [0.3, 0.4) is 0 Å². The van der Waals surface area contributed by atoms with Crippen molar-refractivity contribution < 1.29 is 13.2 Å². The van der Waals surface area contributed by atoms with Gasteiger partial charge >= 0.3 is 6.18 Å². The van der Waals surface area contributed by atoms with E-state index in [1.54, 1.807) is 4.90 Å². The van der Waals surface area contributed by atoms with Gasteiger partial charge in [-0.25, -0.2) is 0 Å². The Balaban J connectivity index is 2.89. The largest absolute Gasteiger partial charge is 0.405 e. The van der Waals surface area contributed by atoms with E-state index in [4.69, 9.17) is 5.73 Å². The van der Waals surface area contributed by atoms with Crippen LogP contribution in [0.4, 0.5) is 13.2 Å². The van der Waals surface area contributed by atoms with Gasteiger partial charge in [0.05, 0.1) is 0 Å². The number of hydrogen-bond donors (Lipinski definition) is 1. The van der Waals surface area contributed by atoms with Crippen molar-refractivity contribution in [1.29, 1.82) is 0 Å². The molecule has 0 aromatic rings. The summed E-state index contributed by atoms with van der Waals surface area (Å²) in [5, 5.41) is 0. The molecule has 5 heteroatoms. The Morgan fingerprint density at radius 1 is 1.29 bits per heavy atom. The van der Waals surface area contributed by atoms with Crippen molar-refractivity contribution in [3.8, 4) is 0 Å². The van der Waals surface area contributed by atoms with Gasteiger partial charge in [-0.15, -0.1) is 0 Å². The SMILES string of the molecule is CCC1CCCCCN1C(C(C)N)C(F)(F)F. The zero-order valence-electron chi connectivity index (χ0n) is 10.6. The molecule has 1 aliphatic heterocycles. The summed E-state index contributed by atoms with van der Waals surface area (Å²) in [7, 11) is 0.